The number of Topliss-reactive ketones (excluding diaryl/α,β-unsaturated/α-hetero) is 1. The lowest BCUT2D eigenvalue weighted by Crippen LogP contribution is -2.26. The van der Waals surface area contributed by atoms with E-state index in [1.165, 1.54) is 13.5 Å². The third-order valence-corrected chi connectivity index (χ3v) is 7.89. The zero-order valence-electron chi connectivity index (χ0n) is 22.5. The van der Waals surface area contributed by atoms with E-state index in [0.717, 1.165) is 36.8 Å². The fourth-order valence-electron chi connectivity index (χ4n) is 5.43. The number of aliphatic hydroxyl groups excluding tert-OH is 1. The van der Waals surface area contributed by atoms with E-state index in [1.807, 2.05) is 24.3 Å². The van der Waals surface area contributed by atoms with Crippen LogP contribution in [0.4, 0.5) is 0 Å². The van der Waals surface area contributed by atoms with Gasteiger partial charge in [-0.1, -0.05) is 74.9 Å². The summed E-state index contributed by atoms with van der Waals surface area (Å²) in [7, 11) is 1.50. The number of benzene rings is 2. The molecule has 0 aromatic heterocycles. The first-order valence-electron chi connectivity index (χ1n) is 13.6. The maximum Gasteiger partial charge on any atom is 0.346 e. The Morgan fingerprint density at radius 1 is 1.10 bits per heavy atom. The molecule has 1 aliphatic carbocycles. The van der Waals surface area contributed by atoms with Gasteiger partial charge in [0.25, 0.3) is 5.91 Å². The van der Waals surface area contributed by atoms with Crippen LogP contribution in [-0.2, 0) is 27.2 Å². The molecule has 2 fully saturated rings. The number of aliphatic hydroxyl groups is 1. The molecule has 1 heterocycles. The molecule has 0 radical (unpaired) electrons. The van der Waals surface area contributed by atoms with E-state index in [4.69, 9.17) is 21.1 Å². The number of hydrogen-bond acceptors (Lipinski definition) is 6. The van der Waals surface area contributed by atoms with Crippen LogP contribution in [-0.4, -0.2) is 42.5 Å². The fraction of sp³-hybridized carbons (Fsp3) is 0.452. The Bertz CT molecular complexity index is 1230. The van der Waals surface area contributed by atoms with E-state index in [0.29, 0.717) is 48.1 Å². The number of nitrogens with one attached hydrogen (secondary N) is 1. The van der Waals surface area contributed by atoms with Crippen molar-refractivity contribution in [2.24, 2.45) is 11.8 Å². The Balaban J connectivity index is 1.30. The molecule has 2 aliphatic rings. The Kier molecular flexibility index (Phi) is 9.68. The van der Waals surface area contributed by atoms with E-state index in [1.54, 1.807) is 25.1 Å². The van der Waals surface area contributed by atoms with Crippen LogP contribution in [0.2, 0.25) is 5.02 Å². The van der Waals surface area contributed by atoms with Crippen molar-refractivity contribution in [3.8, 4) is 5.75 Å². The van der Waals surface area contributed by atoms with Crippen LogP contribution in [0.5, 0.6) is 5.75 Å². The number of rotatable bonds is 10. The van der Waals surface area contributed by atoms with Crippen molar-refractivity contribution in [1.82, 2.24) is 5.32 Å². The minimum atomic E-state index is -0.773. The number of carbonyl (C=O) groups excluding carboxylic acids is 3. The second-order valence-corrected chi connectivity index (χ2v) is 11.0. The molecular formula is C31H36ClNO6. The highest BCUT2D eigenvalue weighted by Crippen LogP contribution is 2.33. The highest BCUT2D eigenvalue weighted by atomic mass is 35.5. The molecule has 208 valence electrons. The number of hydrogen-bond donors (Lipinski definition) is 2. The molecule has 2 aromatic rings. The van der Waals surface area contributed by atoms with Gasteiger partial charge < -0.3 is 19.9 Å². The molecule has 1 saturated carbocycles. The number of methoxy groups -OCH3 is 1. The summed E-state index contributed by atoms with van der Waals surface area (Å²) in [4.78, 5) is 37.9. The predicted molar refractivity (Wildman–Crippen MR) is 149 cm³/mol. The lowest BCUT2D eigenvalue weighted by atomic mass is 9.84. The van der Waals surface area contributed by atoms with E-state index in [9.17, 15) is 19.5 Å². The van der Waals surface area contributed by atoms with Crippen molar-refractivity contribution >= 4 is 29.3 Å². The summed E-state index contributed by atoms with van der Waals surface area (Å²) >= 11 is 6.02. The summed E-state index contributed by atoms with van der Waals surface area (Å²) in [5.41, 5.74) is 2.19. The lowest BCUT2D eigenvalue weighted by Gasteiger charge is -2.22. The first-order valence-corrected chi connectivity index (χ1v) is 14.0. The summed E-state index contributed by atoms with van der Waals surface area (Å²) < 4.78 is 10.6. The number of amides is 1. The van der Waals surface area contributed by atoms with Crippen LogP contribution < -0.4 is 10.1 Å². The molecule has 39 heavy (non-hydrogen) atoms. The number of ketones is 1. The van der Waals surface area contributed by atoms with E-state index in [2.05, 4.69) is 5.32 Å². The quantitative estimate of drug-likeness (QED) is 0.167. The summed E-state index contributed by atoms with van der Waals surface area (Å²) in [6, 6.07) is 12.7. The summed E-state index contributed by atoms with van der Waals surface area (Å²) in [6.07, 6.45) is 6.50. The van der Waals surface area contributed by atoms with Gasteiger partial charge in [0.05, 0.1) is 12.7 Å². The van der Waals surface area contributed by atoms with Crippen molar-refractivity contribution < 1.29 is 29.0 Å². The molecule has 4 rings (SSSR count). The van der Waals surface area contributed by atoms with Crippen LogP contribution in [0, 0.1) is 11.8 Å². The minimum absolute atomic E-state index is 0.188. The zero-order chi connectivity index (χ0) is 27.9. The third-order valence-electron chi connectivity index (χ3n) is 7.66. The Labute approximate surface area is 234 Å². The lowest BCUT2D eigenvalue weighted by molar-refractivity contribution is -0.141. The molecule has 1 amide bonds. The van der Waals surface area contributed by atoms with Crippen molar-refractivity contribution in [3.63, 3.8) is 0 Å². The first-order chi connectivity index (χ1) is 18.8. The Morgan fingerprint density at radius 3 is 2.49 bits per heavy atom. The summed E-state index contributed by atoms with van der Waals surface area (Å²) in [5.74, 6) is -1.11. The van der Waals surface area contributed by atoms with Crippen LogP contribution in [0.3, 0.4) is 0 Å². The molecule has 0 bridgehead atoms. The van der Waals surface area contributed by atoms with E-state index >= 15 is 0 Å². The maximum atomic E-state index is 12.9. The number of cyclic esters (lactones) is 1. The van der Waals surface area contributed by atoms with Crippen molar-refractivity contribution in [2.45, 2.75) is 64.4 Å². The highest BCUT2D eigenvalue weighted by molar-refractivity contribution is 6.31. The van der Waals surface area contributed by atoms with Gasteiger partial charge in [0, 0.05) is 17.5 Å². The zero-order valence-corrected chi connectivity index (χ0v) is 23.3. The average molecular weight is 554 g/mol. The van der Waals surface area contributed by atoms with Gasteiger partial charge in [0.2, 0.25) is 5.78 Å². The number of carbonyl (C=O) groups is 3. The van der Waals surface area contributed by atoms with Gasteiger partial charge >= 0.3 is 5.97 Å². The van der Waals surface area contributed by atoms with Gasteiger partial charge in [-0.25, -0.2) is 4.79 Å². The van der Waals surface area contributed by atoms with Crippen LogP contribution >= 0.6 is 11.6 Å². The molecule has 0 spiro atoms. The third kappa shape index (κ3) is 7.21. The first kappa shape index (κ1) is 28.7. The predicted octanol–water partition coefficient (Wildman–Crippen LogP) is 5.78. The normalized spacial score (nSPS) is 19.9. The topological polar surface area (TPSA) is 102 Å². The SMILES string of the molecule is COc1ccc(Cl)cc1C(=O)NCCc1ccc(CC(C)C(O)=C2C(=O)OC(CC3CCCCC3)C2=O)cc1. The van der Waals surface area contributed by atoms with E-state index in [-0.39, 0.29) is 23.0 Å². The van der Waals surface area contributed by atoms with Gasteiger partial charge in [-0.15, -0.1) is 0 Å². The van der Waals surface area contributed by atoms with Gasteiger partial charge in [-0.3, -0.25) is 9.59 Å². The minimum Gasteiger partial charge on any atom is -0.511 e. The van der Waals surface area contributed by atoms with Gasteiger partial charge in [-0.2, -0.15) is 0 Å². The summed E-state index contributed by atoms with van der Waals surface area (Å²) in [5, 5.41) is 14.2. The van der Waals surface area contributed by atoms with Gasteiger partial charge in [0.15, 0.2) is 6.10 Å². The molecule has 8 heteroatoms. The molecule has 2 unspecified atom stereocenters. The summed E-state index contributed by atoms with van der Waals surface area (Å²) in [6.45, 7) is 2.23. The maximum absolute atomic E-state index is 12.9. The van der Waals surface area contributed by atoms with Crippen LogP contribution in [0.1, 0.15) is 66.9 Å². The Hall–Kier alpha value is -3.32. The monoisotopic (exact) mass is 553 g/mol. The molecular weight excluding hydrogens is 518 g/mol. The van der Waals surface area contributed by atoms with E-state index < -0.39 is 18.0 Å². The molecule has 1 saturated heterocycles. The molecule has 1 aliphatic heterocycles. The molecule has 2 aromatic carbocycles. The second-order valence-electron chi connectivity index (χ2n) is 10.5. The number of halogens is 1. The van der Waals surface area contributed by atoms with Crippen molar-refractivity contribution in [1.29, 1.82) is 0 Å². The smallest absolute Gasteiger partial charge is 0.346 e. The van der Waals surface area contributed by atoms with Crippen LogP contribution in [0.15, 0.2) is 53.8 Å². The average Bonchev–Trinajstić information content (AvgIpc) is 3.21. The molecule has 2 N–H and O–H groups in total. The van der Waals surface area contributed by atoms with Gasteiger partial charge in [0.1, 0.15) is 17.1 Å². The standard InChI is InChI=1S/C31H36ClNO6/c1-19(28(34)27-29(35)26(39-31(27)37)17-21-6-4-3-5-7-21)16-22-10-8-20(9-11-22)14-15-33-30(36)24-18-23(32)12-13-25(24)38-2/h8-13,18-19,21,26,34H,3-7,14-17H2,1-2H3,(H,33,36). The number of ether oxygens (including phenoxy) is 2. The van der Waals surface area contributed by atoms with Crippen molar-refractivity contribution in [2.75, 3.05) is 13.7 Å². The number of esters is 1. The molecule has 7 nitrogen and oxygen atoms in total. The van der Waals surface area contributed by atoms with Crippen molar-refractivity contribution in [3.05, 3.63) is 75.5 Å². The highest BCUT2D eigenvalue weighted by Gasteiger charge is 2.42. The molecule has 2 atom stereocenters. The second kappa shape index (κ2) is 13.2. The fourth-order valence-corrected chi connectivity index (χ4v) is 5.60. The van der Waals surface area contributed by atoms with Gasteiger partial charge in [-0.05, 0) is 54.5 Å². The van der Waals surface area contributed by atoms with Crippen LogP contribution in [0.25, 0.3) is 0 Å². The largest absolute Gasteiger partial charge is 0.511 e. The Morgan fingerprint density at radius 2 is 1.79 bits per heavy atom. The number of allylic oxidation sites excluding steroid dienone is 1.